The summed E-state index contributed by atoms with van der Waals surface area (Å²) in [7, 11) is 3.08. The number of ketones is 1. The van der Waals surface area contributed by atoms with Crippen LogP contribution in [0.3, 0.4) is 0 Å². The number of nitrogens with zero attached hydrogens (tertiary/aromatic N) is 3. The van der Waals surface area contributed by atoms with Crippen LogP contribution in [0.5, 0.6) is 11.5 Å². The van der Waals surface area contributed by atoms with Crippen LogP contribution < -0.4 is 14.4 Å². The standard InChI is InChI=1S/C24H21N3O3/c1-15(28)23-22(17-10-18(29-2)12-19(11-17)30-3)24(13-25,14-26)21-9-8-16-6-4-5-7-20(16)27(21)23/h4-12,21-23H,1-3H3/t21-,22+,23+/m0/s1. The van der Waals surface area contributed by atoms with Crippen molar-refractivity contribution in [3.63, 3.8) is 0 Å². The molecule has 0 saturated carbocycles. The zero-order valence-corrected chi connectivity index (χ0v) is 17.0. The van der Waals surface area contributed by atoms with Gasteiger partial charge in [-0.25, -0.2) is 0 Å². The van der Waals surface area contributed by atoms with E-state index in [1.807, 2.05) is 41.3 Å². The van der Waals surface area contributed by atoms with Crippen molar-refractivity contribution in [1.82, 2.24) is 0 Å². The lowest BCUT2D eigenvalue weighted by atomic mass is 9.69. The van der Waals surface area contributed by atoms with Gasteiger partial charge in [0.15, 0.2) is 11.2 Å². The van der Waals surface area contributed by atoms with Crippen molar-refractivity contribution in [3.05, 3.63) is 59.7 Å². The number of Topliss-reactive ketones (excluding diaryl/α,β-unsaturated/α-hetero) is 1. The van der Waals surface area contributed by atoms with E-state index in [1.165, 1.54) is 6.92 Å². The molecule has 1 saturated heterocycles. The number of carbonyl (C=O) groups excluding carboxylic acids is 1. The second-order valence-corrected chi connectivity index (χ2v) is 7.54. The summed E-state index contributed by atoms with van der Waals surface area (Å²) in [6, 6.07) is 16.3. The van der Waals surface area contributed by atoms with E-state index in [-0.39, 0.29) is 5.78 Å². The molecule has 2 aliphatic heterocycles. The third-order valence-corrected chi connectivity index (χ3v) is 6.06. The summed E-state index contributed by atoms with van der Waals surface area (Å²) in [6.07, 6.45) is 3.79. The van der Waals surface area contributed by atoms with Crippen LogP contribution in [0.2, 0.25) is 0 Å². The maximum atomic E-state index is 13.0. The minimum Gasteiger partial charge on any atom is -0.497 e. The number of para-hydroxylation sites is 1. The molecule has 1 fully saturated rings. The molecule has 2 heterocycles. The number of anilines is 1. The Balaban J connectivity index is 2.00. The van der Waals surface area contributed by atoms with Gasteiger partial charge in [-0.2, -0.15) is 10.5 Å². The summed E-state index contributed by atoms with van der Waals surface area (Å²) in [4.78, 5) is 14.9. The van der Waals surface area contributed by atoms with Crippen molar-refractivity contribution in [3.8, 4) is 23.6 Å². The molecule has 0 aromatic heterocycles. The van der Waals surface area contributed by atoms with Gasteiger partial charge in [-0.05, 0) is 36.2 Å². The van der Waals surface area contributed by atoms with Gasteiger partial charge in [0.25, 0.3) is 0 Å². The Morgan fingerprint density at radius 2 is 1.70 bits per heavy atom. The molecule has 0 bridgehead atoms. The molecule has 3 atom stereocenters. The van der Waals surface area contributed by atoms with Crippen LogP contribution in [0, 0.1) is 28.1 Å². The fourth-order valence-electron chi connectivity index (χ4n) is 4.77. The molecule has 6 nitrogen and oxygen atoms in total. The number of nitriles is 2. The Morgan fingerprint density at radius 1 is 1.07 bits per heavy atom. The van der Waals surface area contributed by atoms with E-state index in [2.05, 4.69) is 12.1 Å². The highest BCUT2D eigenvalue weighted by Gasteiger charge is 2.62. The van der Waals surface area contributed by atoms with Gasteiger partial charge in [0.2, 0.25) is 0 Å². The van der Waals surface area contributed by atoms with E-state index < -0.39 is 23.4 Å². The first-order chi connectivity index (χ1) is 14.5. The Morgan fingerprint density at radius 3 is 2.27 bits per heavy atom. The number of fused-ring (bicyclic) bond motifs is 3. The van der Waals surface area contributed by atoms with E-state index in [9.17, 15) is 15.3 Å². The largest absolute Gasteiger partial charge is 0.497 e. The fraction of sp³-hybridized carbons (Fsp3) is 0.292. The van der Waals surface area contributed by atoms with Crippen molar-refractivity contribution in [1.29, 1.82) is 10.5 Å². The topological polar surface area (TPSA) is 86.3 Å². The summed E-state index contributed by atoms with van der Waals surface area (Å²) in [5.74, 6) is 0.286. The zero-order chi connectivity index (χ0) is 21.5. The van der Waals surface area contributed by atoms with Gasteiger partial charge in [0, 0.05) is 17.7 Å². The monoisotopic (exact) mass is 399 g/mol. The summed E-state index contributed by atoms with van der Waals surface area (Å²) < 4.78 is 10.8. The van der Waals surface area contributed by atoms with E-state index >= 15 is 0 Å². The molecule has 2 aromatic rings. The van der Waals surface area contributed by atoms with Gasteiger partial charge in [-0.3, -0.25) is 4.79 Å². The van der Waals surface area contributed by atoms with Gasteiger partial charge in [-0.1, -0.05) is 30.4 Å². The molecule has 0 spiro atoms. The second-order valence-electron chi connectivity index (χ2n) is 7.54. The third kappa shape index (κ3) is 2.65. The van der Waals surface area contributed by atoms with Crippen LogP contribution in [0.1, 0.15) is 24.0 Å². The van der Waals surface area contributed by atoms with Gasteiger partial charge in [0.1, 0.15) is 11.5 Å². The predicted octanol–water partition coefficient (Wildman–Crippen LogP) is 3.69. The lowest BCUT2D eigenvalue weighted by molar-refractivity contribution is -0.118. The molecule has 0 amide bonds. The van der Waals surface area contributed by atoms with E-state index in [1.54, 1.807) is 32.4 Å². The molecule has 0 N–H and O–H groups in total. The second kappa shape index (κ2) is 7.24. The van der Waals surface area contributed by atoms with Crippen molar-refractivity contribution in [2.24, 2.45) is 5.41 Å². The molecule has 6 heteroatoms. The zero-order valence-electron chi connectivity index (χ0n) is 17.0. The molecule has 2 aliphatic rings. The number of rotatable bonds is 4. The lowest BCUT2D eigenvalue weighted by Gasteiger charge is -2.35. The number of hydrogen-bond acceptors (Lipinski definition) is 6. The van der Waals surface area contributed by atoms with Crippen LogP contribution in [-0.4, -0.2) is 32.1 Å². The van der Waals surface area contributed by atoms with Gasteiger partial charge < -0.3 is 14.4 Å². The van der Waals surface area contributed by atoms with Crippen LogP contribution in [-0.2, 0) is 4.79 Å². The molecule has 4 rings (SSSR count). The lowest BCUT2D eigenvalue weighted by Crippen LogP contribution is -2.43. The average Bonchev–Trinajstić information content (AvgIpc) is 3.10. The molecule has 0 unspecified atom stereocenters. The minimum atomic E-state index is -1.46. The summed E-state index contributed by atoms with van der Waals surface area (Å²) in [6.45, 7) is 1.51. The first-order valence-electron chi connectivity index (χ1n) is 9.62. The molecular weight excluding hydrogens is 378 g/mol. The Hall–Kier alpha value is -3.77. The summed E-state index contributed by atoms with van der Waals surface area (Å²) in [5.41, 5.74) is 0.999. The van der Waals surface area contributed by atoms with E-state index in [4.69, 9.17) is 9.47 Å². The highest BCUT2D eigenvalue weighted by Crippen LogP contribution is 2.55. The SMILES string of the molecule is COc1cc(OC)cc([C@@H]2[C@@H](C(C)=O)N3c4ccccc4C=C[C@H]3C2(C#N)C#N)c1. The molecular formula is C24H21N3O3. The van der Waals surface area contributed by atoms with Crippen molar-refractivity contribution < 1.29 is 14.3 Å². The molecule has 2 aromatic carbocycles. The number of ether oxygens (including phenoxy) is 2. The average molecular weight is 399 g/mol. The normalized spacial score (nSPS) is 23.0. The highest BCUT2D eigenvalue weighted by atomic mass is 16.5. The van der Waals surface area contributed by atoms with Crippen LogP contribution in [0.4, 0.5) is 5.69 Å². The Bertz CT molecular complexity index is 1090. The first kappa shape index (κ1) is 19.5. The minimum absolute atomic E-state index is 0.107. The number of hydrogen-bond donors (Lipinski definition) is 0. The van der Waals surface area contributed by atoms with Crippen molar-refractivity contribution in [2.75, 3.05) is 19.1 Å². The third-order valence-electron chi connectivity index (χ3n) is 6.06. The van der Waals surface area contributed by atoms with Crippen molar-refractivity contribution in [2.45, 2.75) is 24.9 Å². The highest BCUT2D eigenvalue weighted by molar-refractivity contribution is 5.91. The first-order valence-corrected chi connectivity index (χ1v) is 9.62. The maximum Gasteiger partial charge on any atom is 0.176 e. The maximum absolute atomic E-state index is 13.0. The summed E-state index contributed by atoms with van der Waals surface area (Å²) >= 11 is 0. The number of benzene rings is 2. The van der Waals surface area contributed by atoms with Crippen LogP contribution >= 0.6 is 0 Å². The Labute approximate surface area is 175 Å². The summed E-state index contributed by atoms with van der Waals surface area (Å²) in [5, 5.41) is 20.6. The van der Waals surface area contributed by atoms with Gasteiger partial charge in [0.05, 0.1) is 38.4 Å². The van der Waals surface area contributed by atoms with Gasteiger partial charge >= 0.3 is 0 Å². The number of methoxy groups -OCH3 is 2. The molecule has 30 heavy (non-hydrogen) atoms. The number of carbonyl (C=O) groups is 1. The quantitative estimate of drug-likeness (QED) is 0.779. The fourth-order valence-corrected chi connectivity index (χ4v) is 4.77. The Kier molecular flexibility index (Phi) is 4.72. The smallest absolute Gasteiger partial charge is 0.176 e. The molecule has 150 valence electrons. The molecule has 0 aliphatic carbocycles. The predicted molar refractivity (Wildman–Crippen MR) is 112 cm³/mol. The van der Waals surface area contributed by atoms with E-state index in [0.717, 1.165) is 11.3 Å². The van der Waals surface area contributed by atoms with Crippen LogP contribution in [0.25, 0.3) is 6.08 Å². The van der Waals surface area contributed by atoms with Crippen molar-refractivity contribution >= 4 is 17.5 Å². The van der Waals surface area contributed by atoms with Crippen LogP contribution in [0.15, 0.2) is 48.5 Å². The van der Waals surface area contributed by atoms with E-state index in [0.29, 0.717) is 17.1 Å². The molecule has 0 radical (unpaired) electrons. The van der Waals surface area contributed by atoms with Gasteiger partial charge in [-0.15, -0.1) is 0 Å².